The lowest BCUT2D eigenvalue weighted by Gasteiger charge is -2.04. The number of likely N-dealkylation sites (N-methyl/N-ethyl adjacent to an activating group) is 1. The Hall–Kier alpha value is -0.740. The van der Waals surface area contributed by atoms with Gasteiger partial charge in [-0.25, -0.2) is 13.1 Å². The smallest absolute Gasteiger partial charge is 0.300 e. The Balaban J connectivity index is 2.79. The van der Waals surface area contributed by atoms with Crippen molar-refractivity contribution in [2.45, 2.75) is 11.1 Å². The molecule has 18 heavy (non-hydrogen) atoms. The third kappa shape index (κ3) is 3.89. The van der Waals surface area contributed by atoms with Gasteiger partial charge in [0.15, 0.2) is 4.34 Å². The summed E-state index contributed by atoms with van der Waals surface area (Å²) >= 11 is 6.27. The molecule has 0 aromatic carbocycles. The standard InChI is InChI=1S/C8H12ClN3O4S2/c1-2-10-3-4-11-18(15,16)7-5-6(12(13)14)8(9)17-7/h5,10-11H,2-4H2,1H3. The first kappa shape index (κ1) is 15.3. The number of sulfonamides is 1. The molecule has 0 unspecified atom stereocenters. The minimum Gasteiger partial charge on any atom is -0.316 e. The maximum atomic E-state index is 11.8. The maximum absolute atomic E-state index is 11.8. The van der Waals surface area contributed by atoms with Gasteiger partial charge in [-0.3, -0.25) is 10.1 Å². The van der Waals surface area contributed by atoms with Crippen LogP contribution in [-0.4, -0.2) is 33.0 Å². The second-order valence-corrected chi connectivity index (χ2v) is 6.88. The lowest BCUT2D eigenvalue weighted by Crippen LogP contribution is -2.31. The maximum Gasteiger partial charge on any atom is 0.300 e. The minimum atomic E-state index is -3.74. The van der Waals surface area contributed by atoms with Gasteiger partial charge in [0.05, 0.1) is 4.92 Å². The number of nitro groups is 1. The van der Waals surface area contributed by atoms with E-state index in [0.29, 0.717) is 17.9 Å². The van der Waals surface area contributed by atoms with Gasteiger partial charge in [-0.05, 0) is 6.54 Å². The van der Waals surface area contributed by atoms with Gasteiger partial charge in [0.1, 0.15) is 4.21 Å². The predicted octanol–water partition coefficient (Wildman–Crippen LogP) is 1.20. The molecule has 10 heteroatoms. The van der Waals surface area contributed by atoms with Crippen molar-refractivity contribution in [3.05, 3.63) is 20.5 Å². The Morgan fingerprint density at radius 2 is 2.17 bits per heavy atom. The van der Waals surface area contributed by atoms with E-state index in [1.807, 2.05) is 6.92 Å². The Morgan fingerprint density at radius 3 is 2.67 bits per heavy atom. The van der Waals surface area contributed by atoms with Crippen LogP contribution in [0.3, 0.4) is 0 Å². The monoisotopic (exact) mass is 313 g/mol. The Bertz CT molecular complexity index is 528. The zero-order valence-electron chi connectivity index (χ0n) is 9.47. The third-order valence-electron chi connectivity index (χ3n) is 1.95. The van der Waals surface area contributed by atoms with Crippen LogP contribution in [0, 0.1) is 10.1 Å². The fourth-order valence-corrected chi connectivity index (χ4v) is 3.86. The summed E-state index contributed by atoms with van der Waals surface area (Å²) in [5.41, 5.74) is -0.395. The highest BCUT2D eigenvalue weighted by atomic mass is 35.5. The molecule has 0 saturated carbocycles. The molecular formula is C8H12ClN3O4S2. The van der Waals surface area contributed by atoms with Crippen LogP contribution in [0.15, 0.2) is 10.3 Å². The van der Waals surface area contributed by atoms with Crippen LogP contribution < -0.4 is 10.0 Å². The molecule has 7 nitrogen and oxygen atoms in total. The quantitative estimate of drug-likeness (QED) is 0.447. The average Bonchev–Trinajstić information content (AvgIpc) is 2.68. The number of hydrogen-bond acceptors (Lipinski definition) is 6. The summed E-state index contributed by atoms with van der Waals surface area (Å²) in [4.78, 5) is 9.85. The van der Waals surface area contributed by atoms with Gasteiger partial charge in [0, 0.05) is 19.2 Å². The van der Waals surface area contributed by atoms with Gasteiger partial charge in [-0.1, -0.05) is 18.5 Å². The Morgan fingerprint density at radius 1 is 1.50 bits per heavy atom. The van der Waals surface area contributed by atoms with Crippen molar-refractivity contribution in [1.29, 1.82) is 0 Å². The largest absolute Gasteiger partial charge is 0.316 e. The van der Waals surface area contributed by atoms with E-state index in [4.69, 9.17) is 11.6 Å². The van der Waals surface area contributed by atoms with Crippen molar-refractivity contribution in [1.82, 2.24) is 10.0 Å². The topological polar surface area (TPSA) is 101 Å². The van der Waals surface area contributed by atoms with Gasteiger partial charge in [-0.2, -0.15) is 0 Å². The second kappa shape index (κ2) is 6.43. The highest BCUT2D eigenvalue weighted by Gasteiger charge is 2.24. The molecule has 0 atom stereocenters. The number of thiophene rings is 1. The van der Waals surface area contributed by atoms with E-state index < -0.39 is 20.6 Å². The molecule has 2 N–H and O–H groups in total. The van der Waals surface area contributed by atoms with Gasteiger partial charge < -0.3 is 5.32 Å². The third-order valence-corrected chi connectivity index (χ3v) is 5.22. The zero-order valence-corrected chi connectivity index (χ0v) is 11.9. The van der Waals surface area contributed by atoms with E-state index in [1.165, 1.54) is 0 Å². The van der Waals surface area contributed by atoms with Gasteiger partial charge in [0.2, 0.25) is 10.0 Å². The van der Waals surface area contributed by atoms with Crippen LogP contribution in [0.5, 0.6) is 0 Å². The van der Waals surface area contributed by atoms with Crippen molar-refractivity contribution in [3.8, 4) is 0 Å². The highest BCUT2D eigenvalue weighted by Crippen LogP contribution is 2.35. The molecule has 1 aromatic rings. The van der Waals surface area contributed by atoms with Crippen molar-refractivity contribution in [2.24, 2.45) is 0 Å². The second-order valence-electron chi connectivity index (χ2n) is 3.23. The Kier molecular flexibility index (Phi) is 5.47. The van der Waals surface area contributed by atoms with E-state index in [1.54, 1.807) is 0 Å². The van der Waals surface area contributed by atoms with E-state index in [9.17, 15) is 18.5 Å². The number of rotatable bonds is 7. The van der Waals surface area contributed by atoms with Crippen LogP contribution >= 0.6 is 22.9 Å². The molecule has 0 saturated heterocycles. The molecule has 0 aliphatic carbocycles. The van der Waals surface area contributed by atoms with Crippen LogP contribution in [-0.2, 0) is 10.0 Å². The molecule has 0 aliphatic heterocycles. The molecule has 0 bridgehead atoms. The minimum absolute atomic E-state index is 0.146. The van der Waals surface area contributed by atoms with Gasteiger partial charge in [-0.15, -0.1) is 11.3 Å². The summed E-state index contributed by atoms with van der Waals surface area (Å²) in [5, 5.41) is 13.5. The first-order valence-electron chi connectivity index (χ1n) is 5.02. The average molecular weight is 314 g/mol. The number of nitrogens with zero attached hydrogens (tertiary/aromatic N) is 1. The summed E-state index contributed by atoms with van der Waals surface area (Å²) in [7, 11) is -3.74. The van der Waals surface area contributed by atoms with E-state index >= 15 is 0 Å². The molecule has 1 aromatic heterocycles. The fraction of sp³-hybridized carbons (Fsp3) is 0.500. The molecular weight excluding hydrogens is 302 g/mol. The number of hydrogen-bond donors (Lipinski definition) is 2. The number of nitrogens with one attached hydrogen (secondary N) is 2. The molecule has 102 valence electrons. The van der Waals surface area contributed by atoms with Crippen molar-refractivity contribution in [3.63, 3.8) is 0 Å². The normalized spacial score (nSPS) is 11.7. The van der Waals surface area contributed by atoms with Crippen LogP contribution in [0.1, 0.15) is 6.92 Å². The van der Waals surface area contributed by atoms with Crippen molar-refractivity contribution >= 4 is 38.6 Å². The summed E-state index contributed by atoms with van der Waals surface area (Å²) in [6, 6.07) is 0.961. The summed E-state index contributed by atoms with van der Waals surface area (Å²) in [5.74, 6) is 0. The first-order valence-corrected chi connectivity index (χ1v) is 7.70. The predicted molar refractivity (Wildman–Crippen MR) is 69.7 cm³/mol. The SMILES string of the molecule is CCNCCNS(=O)(=O)c1cc([N+](=O)[O-])c(Cl)s1. The molecule has 0 spiro atoms. The van der Waals surface area contributed by atoms with Crippen LogP contribution in [0.25, 0.3) is 0 Å². The molecule has 1 rings (SSSR count). The van der Waals surface area contributed by atoms with E-state index in [0.717, 1.165) is 12.6 Å². The van der Waals surface area contributed by atoms with Crippen molar-refractivity contribution < 1.29 is 13.3 Å². The zero-order chi connectivity index (χ0) is 13.8. The summed E-state index contributed by atoms with van der Waals surface area (Å²) in [6.45, 7) is 3.32. The summed E-state index contributed by atoms with van der Waals surface area (Å²) in [6.07, 6.45) is 0. The van der Waals surface area contributed by atoms with E-state index in [-0.39, 0.29) is 15.1 Å². The van der Waals surface area contributed by atoms with E-state index in [2.05, 4.69) is 10.0 Å². The lowest BCUT2D eigenvalue weighted by molar-refractivity contribution is -0.384. The number of halogens is 1. The lowest BCUT2D eigenvalue weighted by atomic mass is 10.6. The fourth-order valence-electron chi connectivity index (χ4n) is 1.12. The Labute approximate surface area is 113 Å². The molecule has 1 heterocycles. The highest BCUT2D eigenvalue weighted by molar-refractivity contribution is 7.91. The van der Waals surface area contributed by atoms with Crippen molar-refractivity contribution in [2.75, 3.05) is 19.6 Å². The first-order chi connectivity index (χ1) is 8.38. The molecule has 0 fully saturated rings. The molecule has 0 radical (unpaired) electrons. The van der Waals surface area contributed by atoms with Gasteiger partial charge in [0.25, 0.3) is 5.69 Å². The van der Waals surface area contributed by atoms with Crippen LogP contribution in [0.2, 0.25) is 4.34 Å². The van der Waals surface area contributed by atoms with Crippen LogP contribution in [0.4, 0.5) is 5.69 Å². The molecule has 0 amide bonds. The summed E-state index contributed by atoms with van der Waals surface area (Å²) < 4.78 is 25.6. The molecule has 0 aliphatic rings. The van der Waals surface area contributed by atoms with Gasteiger partial charge >= 0.3 is 0 Å².